The molecular weight excluding hydrogens is 526 g/mol. The second-order valence-corrected chi connectivity index (χ2v) is 9.66. The van der Waals surface area contributed by atoms with E-state index in [1.165, 1.54) is 0 Å². The number of halogens is 1. The molecule has 1 amide bonds. The minimum absolute atomic E-state index is 0.0929. The van der Waals surface area contributed by atoms with Crippen molar-refractivity contribution in [2.24, 2.45) is 5.73 Å². The molecule has 3 atom stereocenters. The number of nitrogens with two attached hydrogens (primary N) is 1. The maximum Gasteiger partial charge on any atom is 0.251 e. The number of aliphatic hydroxyl groups excluding tert-OH is 2. The van der Waals surface area contributed by atoms with Crippen LogP contribution < -0.4 is 21.7 Å². The minimum Gasteiger partial charge on any atom is -0.394 e. The Morgan fingerprint density at radius 2 is 1.85 bits per heavy atom. The van der Waals surface area contributed by atoms with Crippen LogP contribution in [-0.2, 0) is 20.8 Å². The van der Waals surface area contributed by atoms with Crippen molar-refractivity contribution in [1.29, 1.82) is 5.41 Å². The molecule has 1 aromatic carbocycles. The summed E-state index contributed by atoms with van der Waals surface area (Å²) in [5.41, 5.74) is 7.74. The van der Waals surface area contributed by atoms with Crippen LogP contribution in [0, 0.1) is 5.41 Å². The Labute approximate surface area is 235 Å². The van der Waals surface area contributed by atoms with Gasteiger partial charge in [0.05, 0.1) is 32.5 Å². The molecule has 0 spiro atoms. The highest BCUT2D eigenvalue weighted by molar-refractivity contribution is 6.17. The number of carbonyl (C=O) groups excluding carboxylic acids is 1. The zero-order valence-corrected chi connectivity index (χ0v) is 23.3. The smallest absolute Gasteiger partial charge is 0.251 e. The molecule has 1 aliphatic rings. The van der Waals surface area contributed by atoms with E-state index in [0.717, 1.165) is 37.9 Å². The summed E-state index contributed by atoms with van der Waals surface area (Å²) in [5, 5.41) is 35.8. The van der Waals surface area contributed by atoms with Gasteiger partial charge in [0, 0.05) is 55.9 Å². The van der Waals surface area contributed by atoms with E-state index >= 15 is 0 Å². The second-order valence-electron chi connectivity index (χ2n) is 9.28. The van der Waals surface area contributed by atoms with Crippen LogP contribution in [0.5, 0.6) is 0 Å². The number of benzene rings is 1. The molecule has 0 radical (unpaired) electrons. The standard InChI is InChI=1S/C27H44ClN5O6/c28-9-3-1-2-4-11-37-13-14-38-12-10-32-27(36)21-7-5-20(6-8-21)16-31-17-22(26(29)30)18-33-25-15-23(35)24(19-34)39-25/h5-8,18,23-25,31,33-35H,1-4,9-17,19H2,(H3,29,30)(H,32,36)/b22-18-/t23?,24-,25-/m1/s1. The van der Waals surface area contributed by atoms with Crippen LogP contribution in [0.4, 0.5) is 0 Å². The zero-order chi connectivity index (χ0) is 28.3. The molecule has 0 aromatic heterocycles. The lowest BCUT2D eigenvalue weighted by Crippen LogP contribution is -2.30. The summed E-state index contributed by atoms with van der Waals surface area (Å²) in [6.45, 7) is 3.20. The predicted octanol–water partition coefficient (Wildman–Crippen LogP) is 1.22. The fourth-order valence-corrected chi connectivity index (χ4v) is 4.04. The SMILES string of the molecule is N=C(N)/C(=C\N[C@H]1CC(O)[C@@H](CO)O1)CNCc1ccc(C(=O)NCCOCCOCCCCCCCl)cc1. The molecule has 1 aromatic rings. The van der Waals surface area contributed by atoms with Crippen LogP contribution in [0.2, 0.25) is 0 Å². The van der Waals surface area contributed by atoms with Crippen LogP contribution in [0.3, 0.4) is 0 Å². The molecule has 0 bridgehead atoms. The number of unbranched alkanes of at least 4 members (excludes halogenated alkanes) is 3. The van der Waals surface area contributed by atoms with Crippen molar-refractivity contribution in [3.8, 4) is 0 Å². The summed E-state index contributed by atoms with van der Waals surface area (Å²) in [6, 6.07) is 7.25. The summed E-state index contributed by atoms with van der Waals surface area (Å²) in [6.07, 6.45) is 4.45. The molecule has 1 fully saturated rings. The normalized spacial score (nSPS) is 19.3. The first-order valence-corrected chi connectivity index (χ1v) is 14.0. The first-order chi connectivity index (χ1) is 18.9. The summed E-state index contributed by atoms with van der Waals surface area (Å²) >= 11 is 5.65. The highest BCUT2D eigenvalue weighted by Gasteiger charge is 2.32. The highest BCUT2D eigenvalue weighted by atomic mass is 35.5. The third-order valence-corrected chi connectivity index (χ3v) is 6.40. The van der Waals surface area contributed by atoms with Gasteiger partial charge in [-0.3, -0.25) is 10.2 Å². The predicted molar refractivity (Wildman–Crippen MR) is 151 cm³/mol. The third-order valence-electron chi connectivity index (χ3n) is 6.13. The van der Waals surface area contributed by atoms with Crippen molar-refractivity contribution in [3.05, 3.63) is 47.2 Å². The van der Waals surface area contributed by atoms with Gasteiger partial charge in [-0.1, -0.05) is 25.0 Å². The van der Waals surface area contributed by atoms with Crippen LogP contribution in [0.25, 0.3) is 0 Å². The lowest BCUT2D eigenvalue weighted by Gasteiger charge is -2.14. The molecule has 1 unspecified atom stereocenters. The molecule has 2 rings (SSSR count). The Kier molecular flexibility index (Phi) is 16.7. The van der Waals surface area contributed by atoms with Gasteiger partial charge in [-0.2, -0.15) is 0 Å². The van der Waals surface area contributed by atoms with E-state index in [4.69, 9.17) is 37.0 Å². The molecule has 0 aliphatic carbocycles. The number of hydrogen-bond donors (Lipinski definition) is 7. The Morgan fingerprint density at radius 1 is 1.13 bits per heavy atom. The molecular formula is C27H44ClN5O6. The molecule has 1 heterocycles. The Morgan fingerprint density at radius 3 is 2.51 bits per heavy atom. The fraction of sp³-hybridized carbons (Fsp3) is 0.630. The molecule has 8 N–H and O–H groups in total. The zero-order valence-electron chi connectivity index (χ0n) is 22.5. The average molecular weight is 570 g/mol. The van der Waals surface area contributed by atoms with Gasteiger partial charge in [0.15, 0.2) is 0 Å². The molecule has 0 saturated carbocycles. The monoisotopic (exact) mass is 569 g/mol. The molecule has 12 heteroatoms. The quantitative estimate of drug-likeness (QED) is 0.0497. The van der Waals surface area contributed by atoms with E-state index in [0.29, 0.717) is 62.9 Å². The minimum atomic E-state index is -0.741. The topological polar surface area (TPSA) is 171 Å². The third kappa shape index (κ3) is 13.6. The molecule has 1 saturated heterocycles. The van der Waals surface area contributed by atoms with Gasteiger partial charge in [0.1, 0.15) is 18.2 Å². The van der Waals surface area contributed by atoms with Gasteiger partial charge >= 0.3 is 0 Å². The Balaban J connectivity index is 1.59. The summed E-state index contributed by atoms with van der Waals surface area (Å²) in [5.74, 6) is 0.459. The average Bonchev–Trinajstić information content (AvgIpc) is 3.30. The van der Waals surface area contributed by atoms with Gasteiger partial charge in [-0.15, -0.1) is 11.6 Å². The maximum atomic E-state index is 12.4. The highest BCUT2D eigenvalue weighted by Crippen LogP contribution is 2.18. The molecule has 220 valence electrons. The van der Waals surface area contributed by atoms with Crippen LogP contribution >= 0.6 is 11.6 Å². The maximum absolute atomic E-state index is 12.4. The second kappa shape index (κ2) is 19.8. The summed E-state index contributed by atoms with van der Waals surface area (Å²) < 4.78 is 16.5. The number of rotatable bonds is 21. The first-order valence-electron chi connectivity index (χ1n) is 13.5. The number of alkyl halides is 1. The van der Waals surface area contributed by atoms with Crippen molar-refractivity contribution in [1.82, 2.24) is 16.0 Å². The van der Waals surface area contributed by atoms with E-state index in [-0.39, 0.29) is 18.3 Å². The van der Waals surface area contributed by atoms with Crippen LogP contribution in [0.1, 0.15) is 48.0 Å². The van der Waals surface area contributed by atoms with Crippen molar-refractivity contribution in [2.75, 3.05) is 52.0 Å². The lowest BCUT2D eigenvalue weighted by atomic mass is 10.1. The van der Waals surface area contributed by atoms with Crippen molar-refractivity contribution in [2.45, 2.75) is 57.1 Å². The first kappa shape index (κ1) is 33.0. The largest absolute Gasteiger partial charge is 0.394 e. The van der Waals surface area contributed by atoms with E-state index in [1.807, 2.05) is 12.1 Å². The van der Waals surface area contributed by atoms with E-state index in [9.17, 15) is 15.0 Å². The van der Waals surface area contributed by atoms with Crippen molar-refractivity contribution < 1.29 is 29.2 Å². The summed E-state index contributed by atoms with van der Waals surface area (Å²) in [7, 11) is 0. The van der Waals surface area contributed by atoms with E-state index < -0.39 is 18.4 Å². The molecule has 39 heavy (non-hydrogen) atoms. The van der Waals surface area contributed by atoms with Crippen molar-refractivity contribution >= 4 is 23.3 Å². The Bertz CT molecular complexity index is 873. The number of carbonyl (C=O) groups is 1. The van der Waals surface area contributed by atoms with Gasteiger partial charge < -0.3 is 46.1 Å². The number of nitrogens with one attached hydrogen (secondary N) is 4. The van der Waals surface area contributed by atoms with Crippen LogP contribution in [0.15, 0.2) is 36.0 Å². The lowest BCUT2D eigenvalue weighted by molar-refractivity contribution is -0.0270. The van der Waals surface area contributed by atoms with E-state index in [2.05, 4.69) is 16.0 Å². The summed E-state index contributed by atoms with van der Waals surface area (Å²) in [4.78, 5) is 12.4. The van der Waals surface area contributed by atoms with Gasteiger partial charge in [-0.05, 0) is 30.5 Å². The van der Waals surface area contributed by atoms with Gasteiger partial charge in [-0.25, -0.2) is 0 Å². The number of aliphatic hydroxyl groups is 2. The fourth-order valence-electron chi connectivity index (χ4n) is 3.85. The Hall–Kier alpha value is -2.25. The molecule has 11 nitrogen and oxygen atoms in total. The number of amidine groups is 1. The number of hydrogen-bond acceptors (Lipinski definition) is 9. The van der Waals surface area contributed by atoms with Crippen LogP contribution in [-0.4, -0.2) is 92.4 Å². The van der Waals surface area contributed by atoms with E-state index in [1.54, 1.807) is 18.3 Å². The number of amides is 1. The van der Waals surface area contributed by atoms with Gasteiger partial charge in [0.2, 0.25) is 0 Å². The molecule has 1 aliphatic heterocycles. The van der Waals surface area contributed by atoms with Gasteiger partial charge in [0.25, 0.3) is 5.91 Å². The number of ether oxygens (including phenoxy) is 3. The van der Waals surface area contributed by atoms with Crippen molar-refractivity contribution in [3.63, 3.8) is 0 Å².